The fourth-order valence-electron chi connectivity index (χ4n) is 3.49. The van der Waals surface area contributed by atoms with Crippen LogP contribution in [0.4, 0.5) is 17.1 Å². The van der Waals surface area contributed by atoms with Crippen molar-refractivity contribution in [2.45, 2.75) is 6.92 Å². The number of hydrogen-bond acceptors (Lipinski definition) is 4. The highest BCUT2D eigenvalue weighted by Gasteiger charge is 2.23. The number of nitrogens with one attached hydrogen (secondary N) is 2. The largest absolute Gasteiger partial charge is 0.368 e. The molecule has 0 saturated carbocycles. The van der Waals surface area contributed by atoms with Gasteiger partial charge < -0.3 is 20.4 Å². The van der Waals surface area contributed by atoms with Gasteiger partial charge in [-0.15, -0.1) is 0 Å². The van der Waals surface area contributed by atoms with Gasteiger partial charge in [0.25, 0.3) is 5.91 Å². The average Bonchev–Trinajstić information content (AvgIpc) is 3.02. The first-order chi connectivity index (χ1) is 13.1. The second kappa shape index (κ2) is 7.15. The summed E-state index contributed by atoms with van der Waals surface area (Å²) in [6.45, 7) is 4.82. The van der Waals surface area contributed by atoms with Crippen molar-refractivity contribution in [3.05, 3.63) is 60.3 Å². The summed E-state index contributed by atoms with van der Waals surface area (Å²) in [6, 6.07) is 15.8. The van der Waals surface area contributed by atoms with Crippen LogP contribution in [-0.4, -0.2) is 42.9 Å². The van der Waals surface area contributed by atoms with Crippen LogP contribution in [0, 0.1) is 0 Å². The maximum Gasteiger partial charge on any atom is 0.257 e. The van der Waals surface area contributed by atoms with E-state index in [1.165, 1.54) is 0 Å². The van der Waals surface area contributed by atoms with Crippen molar-refractivity contribution in [1.29, 1.82) is 0 Å². The van der Waals surface area contributed by atoms with E-state index in [9.17, 15) is 9.59 Å². The second-order valence-corrected chi connectivity index (χ2v) is 6.74. The topological polar surface area (TPSA) is 64.7 Å². The van der Waals surface area contributed by atoms with Gasteiger partial charge in [0.15, 0.2) is 0 Å². The van der Waals surface area contributed by atoms with Crippen LogP contribution >= 0.6 is 0 Å². The van der Waals surface area contributed by atoms with Gasteiger partial charge in [0, 0.05) is 61.9 Å². The maximum absolute atomic E-state index is 12.1. The minimum atomic E-state index is -0.0938. The number of nitrogens with zero attached hydrogens (tertiary/aromatic N) is 2. The van der Waals surface area contributed by atoms with Crippen molar-refractivity contribution >= 4 is 34.4 Å². The molecule has 138 valence electrons. The third-order valence-corrected chi connectivity index (χ3v) is 5.05. The number of carbonyl (C=O) groups is 2. The number of hydrogen-bond donors (Lipinski definition) is 2. The highest BCUT2D eigenvalue weighted by atomic mass is 16.2. The highest BCUT2D eigenvalue weighted by molar-refractivity contribution is 6.31. The zero-order valence-electron chi connectivity index (χ0n) is 15.2. The summed E-state index contributed by atoms with van der Waals surface area (Å²) in [5.41, 5.74) is 4.45. The Morgan fingerprint density at radius 1 is 1.04 bits per heavy atom. The van der Waals surface area contributed by atoms with E-state index in [2.05, 4.69) is 27.7 Å². The highest BCUT2D eigenvalue weighted by Crippen LogP contribution is 2.31. The van der Waals surface area contributed by atoms with E-state index in [1.54, 1.807) is 13.1 Å². The first-order valence-electron chi connectivity index (χ1n) is 9.10. The summed E-state index contributed by atoms with van der Waals surface area (Å²) in [5, 5.41) is 6.08. The summed E-state index contributed by atoms with van der Waals surface area (Å²) in [6.07, 6.45) is 1.75. The van der Waals surface area contributed by atoms with Crippen LogP contribution in [0.3, 0.4) is 0 Å². The monoisotopic (exact) mass is 362 g/mol. The van der Waals surface area contributed by atoms with E-state index in [-0.39, 0.29) is 11.8 Å². The van der Waals surface area contributed by atoms with Crippen LogP contribution in [-0.2, 0) is 9.59 Å². The van der Waals surface area contributed by atoms with E-state index in [4.69, 9.17) is 0 Å². The van der Waals surface area contributed by atoms with Crippen LogP contribution in [0.5, 0.6) is 0 Å². The molecule has 6 nitrogen and oxygen atoms in total. The number of carbonyl (C=O) groups excluding carboxylic acids is 2. The van der Waals surface area contributed by atoms with Gasteiger partial charge in [-0.05, 0) is 30.3 Å². The first kappa shape index (κ1) is 17.1. The Balaban J connectivity index is 1.42. The Morgan fingerprint density at radius 2 is 1.74 bits per heavy atom. The molecule has 1 fully saturated rings. The quantitative estimate of drug-likeness (QED) is 0.824. The molecule has 0 aliphatic carbocycles. The fraction of sp³-hybridized carbons (Fsp3) is 0.238. The van der Waals surface area contributed by atoms with E-state index >= 15 is 0 Å². The van der Waals surface area contributed by atoms with Crippen molar-refractivity contribution in [3.63, 3.8) is 0 Å². The molecule has 0 aromatic heterocycles. The SMILES string of the molecule is CC(=O)N1CCN(c2ccc(N/C=C3/C(=O)Nc4ccccc43)cc2)CC1. The molecular formula is C21H22N4O2. The molecule has 2 aromatic rings. The van der Waals surface area contributed by atoms with Crippen LogP contribution in [0.15, 0.2) is 54.7 Å². The summed E-state index contributed by atoms with van der Waals surface area (Å²) in [5.74, 6) is 0.0448. The molecule has 2 aliphatic heterocycles. The Bertz CT molecular complexity index is 897. The molecular weight excluding hydrogens is 340 g/mol. The molecule has 1 saturated heterocycles. The molecule has 2 aliphatic rings. The molecule has 2 aromatic carbocycles. The number of amides is 2. The molecule has 0 bridgehead atoms. The molecule has 0 unspecified atom stereocenters. The smallest absolute Gasteiger partial charge is 0.257 e. The van der Waals surface area contributed by atoms with Gasteiger partial charge in [0.05, 0.1) is 5.57 Å². The van der Waals surface area contributed by atoms with Crippen molar-refractivity contribution < 1.29 is 9.59 Å². The predicted molar refractivity (Wildman–Crippen MR) is 108 cm³/mol. The number of benzene rings is 2. The Kier molecular flexibility index (Phi) is 4.54. The Morgan fingerprint density at radius 3 is 2.44 bits per heavy atom. The van der Waals surface area contributed by atoms with Gasteiger partial charge in [-0.1, -0.05) is 18.2 Å². The number of anilines is 3. The summed E-state index contributed by atoms with van der Waals surface area (Å²) >= 11 is 0. The van der Waals surface area contributed by atoms with Gasteiger partial charge in [-0.3, -0.25) is 9.59 Å². The van der Waals surface area contributed by atoms with Crippen LogP contribution in [0.25, 0.3) is 5.57 Å². The lowest BCUT2D eigenvalue weighted by Crippen LogP contribution is -2.48. The molecule has 2 N–H and O–H groups in total. The lowest BCUT2D eigenvalue weighted by molar-refractivity contribution is -0.129. The molecule has 0 atom stereocenters. The average molecular weight is 362 g/mol. The standard InChI is InChI=1S/C21H22N4O2/c1-15(26)24-10-12-25(13-11-24)17-8-6-16(7-9-17)22-14-19-18-4-2-3-5-20(18)23-21(19)27/h2-9,14,22H,10-13H2,1H3,(H,23,27)/b19-14+. The second-order valence-electron chi connectivity index (χ2n) is 6.74. The molecule has 2 heterocycles. The fourth-order valence-corrected chi connectivity index (χ4v) is 3.49. The molecule has 2 amide bonds. The summed E-state index contributed by atoms with van der Waals surface area (Å²) in [4.78, 5) is 27.7. The van der Waals surface area contributed by atoms with E-state index in [0.717, 1.165) is 48.8 Å². The van der Waals surface area contributed by atoms with E-state index < -0.39 is 0 Å². The van der Waals surface area contributed by atoms with Crippen molar-refractivity contribution in [2.75, 3.05) is 41.7 Å². The van der Waals surface area contributed by atoms with Gasteiger partial charge in [-0.2, -0.15) is 0 Å². The maximum atomic E-state index is 12.1. The zero-order valence-corrected chi connectivity index (χ0v) is 15.2. The molecule has 0 radical (unpaired) electrons. The number of rotatable bonds is 3. The van der Waals surface area contributed by atoms with Crippen molar-refractivity contribution in [2.24, 2.45) is 0 Å². The normalized spacial score (nSPS) is 17.7. The molecule has 4 rings (SSSR count). The van der Waals surface area contributed by atoms with Crippen LogP contribution in [0.1, 0.15) is 12.5 Å². The van der Waals surface area contributed by atoms with Gasteiger partial charge in [0.2, 0.25) is 5.91 Å². The van der Waals surface area contributed by atoms with Gasteiger partial charge in [0.1, 0.15) is 0 Å². The van der Waals surface area contributed by atoms with Crippen LogP contribution < -0.4 is 15.5 Å². The van der Waals surface area contributed by atoms with Gasteiger partial charge in [-0.25, -0.2) is 0 Å². The zero-order chi connectivity index (χ0) is 18.8. The first-order valence-corrected chi connectivity index (χ1v) is 9.10. The molecule has 27 heavy (non-hydrogen) atoms. The number of piperazine rings is 1. The minimum absolute atomic E-state index is 0.0938. The lowest BCUT2D eigenvalue weighted by Gasteiger charge is -2.35. The number of fused-ring (bicyclic) bond motifs is 1. The van der Waals surface area contributed by atoms with E-state index in [1.807, 2.05) is 41.3 Å². The summed E-state index contributed by atoms with van der Waals surface area (Å²) < 4.78 is 0. The van der Waals surface area contributed by atoms with Gasteiger partial charge >= 0.3 is 0 Å². The summed E-state index contributed by atoms with van der Waals surface area (Å²) in [7, 11) is 0. The minimum Gasteiger partial charge on any atom is -0.368 e. The van der Waals surface area contributed by atoms with Crippen molar-refractivity contribution in [1.82, 2.24) is 4.90 Å². The van der Waals surface area contributed by atoms with Crippen LogP contribution in [0.2, 0.25) is 0 Å². The van der Waals surface area contributed by atoms with Crippen molar-refractivity contribution in [3.8, 4) is 0 Å². The van der Waals surface area contributed by atoms with E-state index in [0.29, 0.717) is 5.57 Å². The predicted octanol–water partition coefficient (Wildman–Crippen LogP) is 2.76. The Hall–Kier alpha value is -3.28. The number of para-hydroxylation sites is 1. The third-order valence-electron chi connectivity index (χ3n) is 5.05. The lowest BCUT2D eigenvalue weighted by atomic mass is 10.1. The molecule has 0 spiro atoms. The molecule has 6 heteroatoms. The Labute approximate surface area is 158 Å². The third kappa shape index (κ3) is 3.51.